The van der Waals surface area contributed by atoms with Gasteiger partial charge in [-0.15, -0.1) is 0 Å². The Morgan fingerprint density at radius 1 is 1.45 bits per heavy atom. The molecule has 0 bridgehead atoms. The molecule has 1 saturated heterocycles. The first kappa shape index (κ1) is 15.9. The normalized spacial score (nSPS) is 20.5. The van der Waals surface area contributed by atoms with Crippen LogP contribution in [-0.2, 0) is 4.74 Å². The number of ether oxygens (including phenoxy) is 1. The number of nitrogens with two attached hydrogens (primary N) is 2. The Balaban J connectivity index is 0.000000309. The molecule has 11 nitrogen and oxygen atoms in total. The van der Waals surface area contributed by atoms with Crippen molar-refractivity contribution in [3.63, 3.8) is 0 Å². The molecule has 0 aliphatic carbocycles. The maximum atomic E-state index is 9.23. The lowest BCUT2D eigenvalue weighted by atomic mass is 10.2. The van der Waals surface area contributed by atoms with Crippen LogP contribution in [0.4, 0.5) is 10.6 Å². The zero-order chi connectivity index (χ0) is 16.1. The Morgan fingerprint density at radius 3 is 2.77 bits per heavy atom. The van der Waals surface area contributed by atoms with Crippen LogP contribution in [0, 0.1) is 0 Å². The summed E-state index contributed by atoms with van der Waals surface area (Å²) < 4.78 is 7.51. The number of nitrogens with one attached hydrogen (secondary N) is 1. The number of aromatic nitrogens is 4. The van der Waals surface area contributed by atoms with Crippen molar-refractivity contribution in [1.29, 1.82) is 0 Å². The molecule has 0 radical (unpaired) electrons. The van der Waals surface area contributed by atoms with Gasteiger partial charge in [0.1, 0.15) is 18.1 Å². The molecule has 1 fully saturated rings. The SMILES string of the molecule is NC(=O)NO.Nc1ncnc2c1ncn2[C@H]1CC[C@@H](CO)O1. The van der Waals surface area contributed by atoms with Crippen LogP contribution in [0.2, 0.25) is 0 Å². The van der Waals surface area contributed by atoms with Gasteiger partial charge in [0, 0.05) is 0 Å². The van der Waals surface area contributed by atoms with Crippen molar-refractivity contribution in [1.82, 2.24) is 25.0 Å². The first-order valence-electron chi connectivity index (χ1n) is 6.45. The topological polar surface area (TPSA) is 174 Å². The van der Waals surface area contributed by atoms with Crippen LogP contribution >= 0.6 is 0 Å². The van der Waals surface area contributed by atoms with Crippen molar-refractivity contribution in [3.8, 4) is 0 Å². The zero-order valence-corrected chi connectivity index (χ0v) is 11.6. The summed E-state index contributed by atoms with van der Waals surface area (Å²) in [6.45, 7) is 0.0419. The molecule has 2 aromatic heterocycles. The highest BCUT2D eigenvalue weighted by Crippen LogP contribution is 2.30. The van der Waals surface area contributed by atoms with Crippen molar-refractivity contribution < 1.29 is 19.8 Å². The summed E-state index contributed by atoms with van der Waals surface area (Å²) in [5.74, 6) is 0.366. The molecule has 7 N–H and O–H groups in total. The molecule has 120 valence electrons. The highest BCUT2D eigenvalue weighted by atomic mass is 16.5. The van der Waals surface area contributed by atoms with E-state index in [0.717, 1.165) is 12.8 Å². The van der Waals surface area contributed by atoms with E-state index >= 15 is 0 Å². The molecule has 2 atom stereocenters. The molecule has 0 spiro atoms. The number of amides is 2. The number of aliphatic hydroxyl groups is 1. The minimum Gasteiger partial charge on any atom is -0.394 e. The van der Waals surface area contributed by atoms with E-state index in [2.05, 4.69) is 20.7 Å². The number of imidazole rings is 1. The molecular formula is C11H17N7O4. The second-order valence-corrected chi connectivity index (χ2v) is 4.53. The van der Waals surface area contributed by atoms with Crippen LogP contribution < -0.4 is 16.9 Å². The van der Waals surface area contributed by atoms with Gasteiger partial charge in [-0.05, 0) is 12.8 Å². The van der Waals surface area contributed by atoms with Crippen LogP contribution in [0.25, 0.3) is 11.2 Å². The molecule has 1 aliphatic heterocycles. The molecule has 11 heteroatoms. The molecule has 3 heterocycles. The van der Waals surface area contributed by atoms with Crippen molar-refractivity contribution in [2.75, 3.05) is 12.3 Å². The number of aliphatic hydroxyl groups excluding tert-OH is 1. The Bertz CT molecular complexity index is 646. The van der Waals surface area contributed by atoms with E-state index < -0.39 is 6.03 Å². The van der Waals surface area contributed by atoms with Crippen LogP contribution in [0.5, 0.6) is 0 Å². The fourth-order valence-electron chi connectivity index (χ4n) is 2.11. The number of hydroxylamine groups is 1. The predicted molar refractivity (Wildman–Crippen MR) is 74.5 cm³/mol. The van der Waals surface area contributed by atoms with E-state index in [1.165, 1.54) is 11.8 Å². The smallest absolute Gasteiger partial charge is 0.335 e. The van der Waals surface area contributed by atoms with Gasteiger partial charge in [-0.1, -0.05) is 0 Å². The molecule has 0 saturated carbocycles. The Morgan fingerprint density at radius 2 is 2.18 bits per heavy atom. The molecule has 0 aromatic carbocycles. The minimum atomic E-state index is -0.940. The summed E-state index contributed by atoms with van der Waals surface area (Å²) in [4.78, 5) is 21.5. The number of nitrogens with zero attached hydrogens (tertiary/aromatic N) is 4. The number of primary amides is 1. The van der Waals surface area contributed by atoms with Gasteiger partial charge in [0.2, 0.25) is 0 Å². The van der Waals surface area contributed by atoms with Crippen molar-refractivity contribution >= 4 is 23.0 Å². The average molecular weight is 311 g/mol. The number of rotatable bonds is 2. The quantitative estimate of drug-likeness (QED) is 0.351. The van der Waals surface area contributed by atoms with Gasteiger partial charge in [0.05, 0.1) is 19.0 Å². The van der Waals surface area contributed by atoms with Gasteiger partial charge >= 0.3 is 6.03 Å². The first-order valence-corrected chi connectivity index (χ1v) is 6.45. The standard InChI is InChI=1S/C10H13N5O2.CH4N2O2/c11-9-8-10(13-4-12-9)15(5-14-8)7-2-1-6(3-16)17-7;2-1(4)3-5/h4-7,16H,1-3H2,(H2,11,12,13);5H,(H3,2,3,4)/t6-,7+;/m0./s1. The average Bonchev–Trinajstić information content (AvgIpc) is 3.14. The van der Waals surface area contributed by atoms with Crippen molar-refractivity contribution in [3.05, 3.63) is 12.7 Å². The lowest BCUT2D eigenvalue weighted by molar-refractivity contribution is -0.0207. The van der Waals surface area contributed by atoms with Gasteiger partial charge in [-0.25, -0.2) is 25.2 Å². The lowest BCUT2D eigenvalue weighted by Gasteiger charge is -2.13. The van der Waals surface area contributed by atoms with Gasteiger partial charge in [-0.3, -0.25) is 9.77 Å². The number of nitrogen functional groups attached to an aromatic ring is 1. The molecule has 22 heavy (non-hydrogen) atoms. The molecule has 1 aliphatic rings. The monoisotopic (exact) mass is 311 g/mol. The van der Waals surface area contributed by atoms with Gasteiger partial charge in [0.15, 0.2) is 11.5 Å². The van der Waals surface area contributed by atoms with E-state index in [0.29, 0.717) is 17.0 Å². The van der Waals surface area contributed by atoms with Crippen molar-refractivity contribution in [2.24, 2.45) is 5.73 Å². The largest absolute Gasteiger partial charge is 0.394 e. The van der Waals surface area contributed by atoms with Crippen LogP contribution in [0.3, 0.4) is 0 Å². The highest BCUT2D eigenvalue weighted by molar-refractivity contribution is 5.81. The van der Waals surface area contributed by atoms with E-state index in [-0.39, 0.29) is 18.9 Å². The van der Waals surface area contributed by atoms with Gasteiger partial charge in [0.25, 0.3) is 0 Å². The summed E-state index contributed by atoms with van der Waals surface area (Å²) >= 11 is 0. The summed E-state index contributed by atoms with van der Waals surface area (Å²) in [6, 6.07) is -0.940. The minimum absolute atomic E-state index is 0.0419. The number of urea groups is 1. The third-order valence-corrected chi connectivity index (χ3v) is 3.10. The molecule has 2 aromatic rings. The second-order valence-electron chi connectivity index (χ2n) is 4.53. The maximum absolute atomic E-state index is 9.23. The highest BCUT2D eigenvalue weighted by Gasteiger charge is 2.27. The lowest BCUT2D eigenvalue weighted by Crippen LogP contribution is -2.25. The molecule has 0 unspecified atom stereocenters. The number of fused-ring (bicyclic) bond motifs is 1. The Hall–Kier alpha value is -2.50. The van der Waals surface area contributed by atoms with E-state index in [4.69, 9.17) is 20.8 Å². The number of carbonyl (C=O) groups excluding carboxylic acids is 1. The van der Waals surface area contributed by atoms with E-state index in [9.17, 15) is 4.79 Å². The predicted octanol–water partition coefficient (Wildman–Crippen LogP) is -0.878. The first-order chi connectivity index (χ1) is 10.6. The fraction of sp³-hybridized carbons (Fsp3) is 0.455. The number of carbonyl (C=O) groups is 1. The summed E-state index contributed by atoms with van der Waals surface area (Å²) in [5.41, 5.74) is 12.4. The number of hydrogen-bond donors (Lipinski definition) is 5. The Labute approximate surface area is 124 Å². The third kappa shape index (κ3) is 3.39. The molecule has 2 amide bonds. The molecular weight excluding hydrogens is 294 g/mol. The maximum Gasteiger partial charge on any atom is 0.335 e. The number of anilines is 1. The second kappa shape index (κ2) is 6.98. The van der Waals surface area contributed by atoms with Crippen LogP contribution in [-0.4, -0.2) is 48.6 Å². The van der Waals surface area contributed by atoms with Crippen LogP contribution in [0.1, 0.15) is 19.1 Å². The van der Waals surface area contributed by atoms with E-state index in [1.807, 2.05) is 4.57 Å². The van der Waals surface area contributed by atoms with Crippen molar-refractivity contribution in [2.45, 2.75) is 25.2 Å². The van der Waals surface area contributed by atoms with E-state index in [1.54, 1.807) is 6.33 Å². The number of hydrogen-bond acceptors (Lipinski definition) is 8. The fourth-order valence-corrected chi connectivity index (χ4v) is 2.11. The van der Waals surface area contributed by atoms with Crippen LogP contribution in [0.15, 0.2) is 12.7 Å². The van der Waals surface area contributed by atoms with Gasteiger partial charge in [-0.2, -0.15) is 0 Å². The molecule has 3 rings (SSSR count). The van der Waals surface area contributed by atoms with Gasteiger partial charge < -0.3 is 21.3 Å². The zero-order valence-electron chi connectivity index (χ0n) is 11.6. The summed E-state index contributed by atoms with van der Waals surface area (Å²) in [5, 5.41) is 16.5. The summed E-state index contributed by atoms with van der Waals surface area (Å²) in [7, 11) is 0. The Kier molecular flexibility index (Phi) is 5.04. The third-order valence-electron chi connectivity index (χ3n) is 3.10. The summed E-state index contributed by atoms with van der Waals surface area (Å²) in [6.07, 6.45) is 4.50.